The second-order valence-electron chi connectivity index (χ2n) is 8.65. The lowest BCUT2D eigenvalue weighted by Crippen LogP contribution is -2.15. The number of pyridine rings is 1. The lowest BCUT2D eigenvalue weighted by molar-refractivity contribution is 0.102. The molecule has 0 aliphatic carbocycles. The highest BCUT2D eigenvalue weighted by molar-refractivity contribution is 7.91. The fraction of sp³-hybridized carbons (Fsp3) is 0.292. The summed E-state index contributed by atoms with van der Waals surface area (Å²) >= 11 is 1.54. The van der Waals surface area contributed by atoms with E-state index < -0.39 is 9.84 Å². The van der Waals surface area contributed by atoms with E-state index in [1.54, 1.807) is 10.7 Å². The van der Waals surface area contributed by atoms with E-state index >= 15 is 0 Å². The van der Waals surface area contributed by atoms with E-state index in [9.17, 15) is 13.2 Å². The van der Waals surface area contributed by atoms with Crippen molar-refractivity contribution >= 4 is 43.8 Å². The molecular weight excluding hydrogens is 456 g/mol. The van der Waals surface area contributed by atoms with Crippen LogP contribution in [0.15, 0.2) is 41.8 Å². The Bertz CT molecular complexity index is 1470. The van der Waals surface area contributed by atoms with Crippen molar-refractivity contribution in [2.24, 2.45) is 0 Å². The molecule has 0 radical (unpaired) electrons. The van der Waals surface area contributed by atoms with E-state index in [4.69, 9.17) is 4.98 Å². The Morgan fingerprint density at radius 1 is 1.15 bits per heavy atom. The zero-order valence-electron chi connectivity index (χ0n) is 18.6. The average molecular weight is 481 g/mol. The molecule has 1 unspecified atom stereocenters. The number of rotatable bonds is 4. The topological polar surface area (TPSA) is 93.9 Å². The largest absolute Gasteiger partial charge is 0.322 e. The third-order valence-electron chi connectivity index (χ3n) is 5.89. The molecule has 1 amide bonds. The second kappa shape index (κ2) is 8.07. The van der Waals surface area contributed by atoms with Gasteiger partial charge in [-0.3, -0.25) is 4.79 Å². The van der Waals surface area contributed by atoms with Crippen LogP contribution in [0.1, 0.15) is 39.6 Å². The maximum atomic E-state index is 13.5. The van der Waals surface area contributed by atoms with Crippen LogP contribution < -0.4 is 5.32 Å². The number of fused-ring (bicyclic) bond motifs is 1. The Kier molecular flexibility index (Phi) is 5.33. The van der Waals surface area contributed by atoms with Gasteiger partial charge in [0.25, 0.3) is 5.91 Å². The first kappa shape index (κ1) is 21.8. The zero-order valence-corrected chi connectivity index (χ0v) is 20.3. The standard InChI is InChI=1S/C24H24N4O3S2/c1-14-9-15(2)11-17(10-14)25-24(29)19-12-20(21-5-4-7-32-21)26-23-22(19)16(3)27-28(23)18-6-8-33(30,31)13-18/h4-5,7,9-12,18H,6,8,13H2,1-3H3,(H,25,29). The zero-order chi connectivity index (χ0) is 23.3. The molecule has 1 saturated heterocycles. The minimum absolute atomic E-state index is 0.0399. The number of carbonyl (C=O) groups is 1. The van der Waals surface area contributed by atoms with Crippen LogP contribution in [0.25, 0.3) is 21.6 Å². The minimum Gasteiger partial charge on any atom is -0.322 e. The van der Waals surface area contributed by atoms with Crippen molar-refractivity contribution in [3.8, 4) is 10.6 Å². The van der Waals surface area contributed by atoms with Gasteiger partial charge in [-0.15, -0.1) is 11.3 Å². The molecule has 4 aromatic rings. The first-order valence-corrected chi connectivity index (χ1v) is 13.4. The van der Waals surface area contributed by atoms with E-state index in [0.717, 1.165) is 21.7 Å². The number of anilines is 1. The molecule has 7 nitrogen and oxygen atoms in total. The predicted octanol–water partition coefficient (Wildman–Crippen LogP) is 4.70. The van der Waals surface area contributed by atoms with Gasteiger partial charge >= 0.3 is 0 Å². The number of carbonyl (C=O) groups excluding carboxylic acids is 1. The van der Waals surface area contributed by atoms with Crippen molar-refractivity contribution in [2.45, 2.75) is 33.2 Å². The number of aromatic nitrogens is 3. The monoisotopic (exact) mass is 480 g/mol. The maximum Gasteiger partial charge on any atom is 0.256 e. The highest BCUT2D eigenvalue weighted by atomic mass is 32.2. The highest BCUT2D eigenvalue weighted by Crippen LogP contribution is 2.33. The van der Waals surface area contributed by atoms with Crippen LogP contribution in [-0.4, -0.2) is 40.6 Å². The van der Waals surface area contributed by atoms with E-state index in [0.29, 0.717) is 34.4 Å². The van der Waals surface area contributed by atoms with Gasteiger partial charge in [-0.2, -0.15) is 5.10 Å². The number of nitrogens with zero attached hydrogens (tertiary/aromatic N) is 3. The van der Waals surface area contributed by atoms with Crippen LogP contribution in [0.3, 0.4) is 0 Å². The summed E-state index contributed by atoms with van der Waals surface area (Å²) in [5.41, 5.74) is 5.22. The normalized spacial score (nSPS) is 17.5. The Morgan fingerprint density at radius 2 is 1.91 bits per heavy atom. The Labute approximate surface area is 196 Å². The molecule has 33 heavy (non-hydrogen) atoms. The van der Waals surface area contributed by atoms with Crippen LogP contribution >= 0.6 is 11.3 Å². The number of benzene rings is 1. The number of hydrogen-bond donors (Lipinski definition) is 1. The van der Waals surface area contributed by atoms with Crippen molar-refractivity contribution < 1.29 is 13.2 Å². The van der Waals surface area contributed by atoms with Gasteiger partial charge < -0.3 is 5.32 Å². The van der Waals surface area contributed by atoms with Crippen LogP contribution in [-0.2, 0) is 9.84 Å². The number of amides is 1. The molecule has 0 saturated carbocycles. The summed E-state index contributed by atoms with van der Waals surface area (Å²) in [6.45, 7) is 5.82. The van der Waals surface area contributed by atoms with E-state index in [1.165, 1.54) is 11.3 Å². The number of nitrogens with one attached hydrogen (secondary N) is 1. The summed E-state index contributed by atoms with van der Waals surface area (Å²) in [5, 5.41) is 10.3. The maximum absolute atomic E-state index is 13.5. The first-order chi connectivity index (χ1) is 15.7. The fourth-order valence-corrected chi connectivity index (χ4v) is 6.89. The molecule has 1 N–H and O–H groups in total. The first-order valence-electron chi connectivity index (χ1n) is 10.7. The molecule has 1 aliphatic rings. The molecule has 1 aliphatic heterocycles. The van der Waals surface area contributed by atoms with Crippen molar-refractivity contribution in [1.29, 1.82) is 0 Å². The molecule has 4 heterocycles. The van der Waals surface area contributed by atoms with Gasteiger partial charge in [0.05, 0.1) is 44.8 Å². The SMILES string of the molecule is Cc1cc(C)cc(NC(=O)c2cc(-c3cccs3)nc3c2c(C)nn3C2CCS(=O)(=O)C2)c1. The third-order valence-corrected chi connectivity index (χ3v) is 8.53. The lowest BCUT2D eigenvalue weighted by Gasteiger charge is -2.12. The molecule has 1 atom stereocenters. The van der Waals surface area contributed by atoms with Crippen molar-refractivity contribution in [2.75, 3.05) is 16.8 Å². The van der Waals surface area contributed by atoms with Gasteiger partial charge in [-0.05, 0) is 68.0 Å². The van der Waals surface area contributed by atoms with E-state index in [1.807, 2.05) is 50.4 Å². The molecule has 0 spiro atoms. The molecule has 1 fully saturated rings. The molecule has 9 heteroatoms. The summed E-state index contributed by atoms with van der Waals surface area (Å²) in [6.07, 6.45) is 0.494. The van der Waals surface area contributed by atoms with E-state index in [-0.39, 0.29) is 23.5 Å². The Balaban J connectivity index is 1.66. The van der Waals surface area contributed by atoms with Crippen LogP contribution in [0, 0.1) is 20.8 Å². The van der Waals surface area contributed by atoms with Crippen molar-refractivity contribution in [3.05, 3.63) is 64.2 Å². The van der Waals surface area contributed by atoms with Gasteiger partial charge in [0.15, 0.2) is 15.5 Å². The Morgan fingerprint density at radius 3 is 2.55 bits per heavy atom. The van der Waals surface area contributed by atoms with Gasteiger partial charge in [-0.25, -0.2) is 18.1 Å². The lowest BCUT2D eigenvalue weighted by atomic mass is 10.1. The second-order valence-corrected chi connectivity index (χ2v) is 11.8. The quantitative estimate of drug-likeness (QED) is 0.457. The van der Waals surface area contributed by atoms with Crippen LogP contribution in [0.4, 0.5) is 5.69 Å². The average Bonchev–Trinajstić information content (AvgIpc) is 3.46. The fourth-order valence-electron chi connectivity index (χ4n) is 4.51. The Hall–Kier alpha value is -3.04. The van der Waals surface area contributed by atoms with Gasteiger partial charge in [0.2, 0.25) is 0 Å². The third kappa shape index (κ3) is 4.18. The summed E-state index contributed by atoms with van der Waals surface area (Å²) < 4.78 is 25.9. The molecule has 5 rings (SSSR count). The summed E-state index contributed by atoms with van der Waals surface area (Å²) in [4.78, 5) is 19.3. The predicted molar refractivity (Wildman–Crippen MR) is 132 cm³/mol. The smallest absolute Gasteiger partial charge is 0.256 e. The van der Waals surface area contributed by atoms with Gasteiger partial charge in [0.1, 0.15) is 0 Å². The molecular formula is C24H24N4O3S2. The number of hydrogen-bond acceptors (Lipinski definition) is 6. The van der Waals surface area contributed by atoms with Gasteiger partial charge in [0, 0.05) is 5.69 Å². The van der Waals surface area contributed by atoms with Crippen LogP contribution in [0.2, 0.25) is 0 Å². The summed E-state index contributed by atoms with van der Waals surface area (Å²) in [6, 6.07) is 11.3. The summed E-state index contributed by atoms with van der Waals surface area (Å²) in [5.74, 6) is -0.0621. The minimum atomic E-state index is -3.10. The van der Waals surface area contributed by atoms with Gasteiger partial charge in [-0.1, -0.05) is 12.1 Å². The number of thiophene rings is 1. The molecule has 1 aromatic carbocycles. The molecule has 3 aromatic heterocycles. The van der Waals surface area contributed by atoms with Crippen molar-refractivity contribution in [1.82, 2.24) is 14.8 Å². The van der Waals surface area contributed by atoms with E-state index in [2.05, 4.69) is 16.5 Å². The van der Waals surface area contributed by atoms with Crippen LogP contribution in [0.5, 0.6) is 0 Å². The van der Waals surface area contributed by atoms with Crippen molar-refractivity contribution in [3.63, 3.8) is 0 Å². The number of sulfone groups is 1. The molecule has 170 valence electrons. The molecule has 0 bridgehead atoms. The summed E-state index contributed by atoms with van der Waals surface area (Å²) in [7, 11) is -3.10. The highest BCUT2D eigenvalue weighted by Gasteiger charge is 2.32. The number of aryl methyl sites for hydroxylation is 3.